The highest BCUT2D eigenvalue weighted by molar-refractivity contribution is 7.92. The fraction of sp³-hybridized carbons (Fsp3) is 0.174. The normalized spacial score (nSPS) is 12.3. The van der Waals surface area contributed by atoms with Crippen molar-refractivity contribution in [3.05, 3.63) is 94.8 Å². The molecule has 1 amide bonds. The fourth-order valence-electron chi connectivity index (χ4n) is 3.01. The first-order valence-corrected chi connectivity index (χ1v) is 11.4. The molecule has 8 heteroatoms. The van der Waals surface area contributed by atoms with E-state index in [1.165, 1.54) is 24.3 Å². The summed E-state index contributed by atoms with van der Waals surface area (Å²) < 4.78 is 40.8. The van der Waals surface area contributed by atoms with Gasteiger partial charge in [-0.2, -0.15) is 0 Å². The number of hydrogen-bond donors (Lipinski definition) is 1. The molecule has 3 aromatic carbocycles. The summed E-state index contributed by atoms with van der Waals surface area (Å²) in [7, 11) is -4.01. The van der Waals surface area contributed by atoms with Gasteiger partial charge in [-0.1, -0.05) is 41.4 Å². The van der Waals surface area contributed by atoms with Gasteiger partial charge in [-0.25, -0.2) is 12.8 Å². The molecule has 0 aromatic heterocycles. The van der Waals surface area contributed by atoms with Crippen LogP contribution in [-0.4, -0.2) is 20.9 Å². The predicted octanol–water partition coefficient (Wildman–Crippen LogP) is 4.86. The highest BCUT2D eigenvalue weighted by Crippen LogP contribution is 2.25. The molecule has 5 nitrogen and oxygen atoms in total. The van der Waals surface area contributed by atoms with Gasteiger partial charge in [0.2, 0.25) is 5.91 Å². The molecule has 0 aliphatic heterocycles. The summed E-state index contributed by atoms with van der Waals surface area (Å²) in [5, 5.41) is 3.22. The second kappa shape index (κ2) is 9.49. The molecule has 0 aliphatic carbocycles. The molecule has 31 heavy (non-hydrogen) atoms. The average Bonchev–Trinajstić information content (AvgIpc) is 2.73. The lowest BCUT2D eigenvalue weighted by Gasteiger charge is -2.25. The second-order valence-corrected chi connectivity index (χ2v) is 9.44. The van der Waals surface area contributed by atoms with Crippen molar-refractivity contribution < 1.29 is 17.6 Å². The van der Waals surface area contributed by atoms with Crippen molar-refractivity contribution in [3.8, 4) is 0 Å². The van der Waals surface area contributed by atoms with Crippen molar-refractivity contribution in [2.24, 2.45) is 0 Å². The van der Waals surface area contributed by atoms with Gasteiger partial charge >= 0.3 is 0 Å². The summed E-state index contributed by atoms with van der Waals surface area (Å²) >= 11 is 5.94. The lowest BCUT2D eigenvalue weighted by atomic mass is 10.1. The van der Waals surface area contributed by atoms with Gasteiger partial charge in [-0.15, -0.1) is 0 Å². The molecular formula is C23H22ClFN2O3S. The van der Waals surface area contributed by atoms with Crippen LogP contribution in [0, 0.1) is 12.7 Å². The molecule has 162 valence electrons. The minimum absolute atomic E-state index is 0.0763. The number of halogens is 2. The maximum Gasteiger partial charge on any atom is 0.264 e. The van der Waals surface area contributed by atoms with E-state index in [1.807, 2.05) is 6.92 Å². The zero-order chi connectivity index (χ0) is 22.6. The van der Waals surface area contributed by atoms with E-state index in [2.05, 4.69) is 5.32 Å². The van der Waals surface area contributed by atoms with Gasteiger partial charge in [0, 0.05) is 5.02 Å². The number of sulfonamides is 1. The van der Waals surface area contributed by atoms with E-state index in [0.717, 1.165) is 9.87 Å². The summed E-state index contributed by atoms with van der Waals surface area (Å²) in [4.78, 5) is 12.8. The number of aryl methyl sites for hydroxylation is 1. The third-order valence-electron chi connectivity index (χ3n) is 4.76. The van der Waals surface area contributed by atoms with Crippen LogP contribution in [0.2, 0.25) is 5.02 Å². The Morgan fingerprint density at radius 2 is 1.58 bits per heavy atom. The molecule has 0 bridgehead atoms. The van der Waals surface area contributed by atoms with Crippen LogP contribution in [0.25, 0.3) is 0 Å². The number of nitrogens with one attached hydrogen (secondary N) is 1. The number of anilines is 1. The maximum absolute atomic E-state index is 13.3. The van der Waals surface area contributed by atoms with Crippen LogP contribution in [0.4, 0.5) is 10.1 Å². The first-order chi connectivity index (χ1) is 14.7. The van der Waals surface area contributed by atoms with Gasteiger partial charge in [0.25, 0.3) is 10.0 Å². The monoisotopic (exact) mass is 460 g/mol. The highest BCUT2D eigenvalue weighted by atomic mass is 35.5. The van der Waals surface area contributed by atoms with E-state index in [9.17, 15) is 17.6 Å². The Labute approximate surface area is 186 Å². The molecule has 0 heterocycles. The standard InChI is InChI=1S/C23H22ClFN2O3S/c1-16-3-13-22(14-4-16)31(29,30)27(21-11-7-19(24)8-12-21)15-23(28)26-17(2)18-5-9-20(25)10-6-18/h3-14,17H,15H2,1-2H3,(H,26,28). The molecule has 0 radical (unpaired) electrons. The van der Waals surface area contributed by atoms with Crippen molar-refractivity contribution in [2.75, 3.05) is 10.8 Å². The Kier molecular flexibility index (Phi) is 6.97. The first kappa shape index (κ1) is 22.8. The molecule has 3 aromatic rings. The number of amides is 1. The van der Waals surface area contributed by atoms with Crippen molar-refractivity contribution in [3.63, 3.8) is 0 Å². The first-order valence-electron chi connectivity index (χ1n) is 9.56. The van der Waals surface area contributed by atoms with E-state index >= 15 is 0 Å². The Hall–Kier alpha value is -2.90. The van der Waals surface area contributed by atoms with Gasteiger partial charge in [-0.3, -0.25) is 9.10 Å². The van der Waals surface area contributed by atoms with Crippen molar-refractivity contribution in [1.82, 2.24) is 5.32 Å². The van der Waals surface area contributed by atoms with Crippen LogP contribution in [0.5, 0.6) is 0 Å². The van der Waals surface area contributed by atoms with Crippen LogP contribution < -0.4 is 9.62 Å². The molecule has 0 fully saturated rings. The van der Waals surface area contributed by atoms with E-state index in [-0.39, 0.29) is 10.7 Å². The summed E-state index contributed by atoms with van der Waals surface area (Å²) in [5.74, 6) is -0.872. The van der Waals surface area contributed by atoms with Gasteiger partial charge < -0.3 is 5.32 Å². The molecular weight excluding hydrogens is 439 g/mol. The van der Waals surface area contributed by atoms with Crippen LogP contribution in [-0.2, 0) is 14.8 Å². The van der Waals surface area contributed by atoms with Crippen LogP contribution in [0.1, 0.15) is 24.1 Å². The van der Waals surface area contributed by atoms with E-state index in [0.29, 0.717) is 16.3 Å². The SMILES string of the molecule is Cc1ccc(S(=O)(=O)N(CC(=O)NC(C)c2ccc(F)cc2)c2ccc(Cl)cc2)cc1. The predicted molar refractivity (Wildman–Crippen MR) is 120 cm³/mol. The molecule has 1 N–H and O–H groups in total. The Balaban J connectivity index is 1.87. The summed E-state index contributed by atoms with van der Waals surface area (Å²) in [6.45, 7) is 3.17. The van der Waals surface area contributed by atoms with E-state index in [1.54, 1.807) is 55.5 Å². The van der Waals surface area contributed by atoms with Crippen molar-refractivity contribution in [2.45, 2.75) is 24.8 Å². The molecule has 3 rings (SSSR count). The fourth-order valence-corrected chi connectivity index (χ4v) is 4.56. The Bertz CT molecular complexity index is 1150. The number of nitrogens with zero attached hydrogens (tertiary/aromatic N) is 1. The number of carbonyl (C=O) groups excluding carboxylic acids is 1. The maximum atomic E-state index is 13.3. The van der Waals surface area contributed by atoms with Crippen molar-refractivity contribution in [1.29, 1.82) is 0 Å². The molecule has 0 saturated heterocycles. The van der Waals surface area contributed by atoms with Crippen molar-refractivity contribution >= 4 is 33.2 Å². The average molecular weight is 461 g/mol. The quantitative estimate of drug-likeness (QED) is 0.547. The minimum Gasteiger partial charge on any atom is -0.348 e. The lowest BCUT2D eigenvalue weighted by molar-refractivity contribution is -0.120. The topological polar surface area (TPSA) is 66.5 Å². The summed E-state index contributed by atoms with van der Waals surface area (Å²) in [6.07, 6.45) is 0. The lowest BCUT2D eigenvalue weighted by Crippen LogP contribution is -2.41. The smallest absolute Gasteiger partial charge is 0.264 e. The third-order valence-corrected chi connectivity index (χ3v) is 6.80. The molecule has 0 saturated carbocycles. The largest absolute Gasteiger partial charge is 0.348 e. The molecule has 0 spiro atoms. The Morgan fingerprint density at radius 3 is 2.16 bits per heavy atom. The second-order valence-electron chi connectivity index (χ2n) is 7.14. The van der Waals surface area contributed by atoms with Crippen LogP contribution in [0.15, 0.2) is 77.7 Å². The number of rotatable bonds is 7. The zero-order valence-electron chi connectivity index (χ0n) is 17.0. The number of hydrogen-bond acceptors (Lipinski definition) is 3. The van der Waals surface area contributed by atoms with Gasteiger partial charge in [0.05, 0.1) is 16.6 Å². The number of carbonyl (C=O) groups is 1. The molecule has 0 aliphatic rings. The highest BCUT2D eigenvalue weighted by Gasteiger charge is 2.27. The van der Waals surface area contributed by atoms with E-state index in [4.69, 9.17) is 11.6 Å². The van der Waals surface area contributed by atoms with Gasteiger partial charge in [0.15, 0.2) is 0 Å². The van der Waals surface area contributed by atoms with Gasteiger partial charge in [-0.05, 0) is 67.9 Å². The number of benzene rings is 3. The zero-order valence-corrected chi connectivity index (χ0v) is 18.6. The van der Waals surface area contributed by atoms with E-state index < -0.39 is 28.5 Å². The Morgan fingerprint density at radius 1 is 1.00 bits per heavy atom. The molecule has 1 unspecified atom stereocenters. The summed E-state index contributed by atoms with van der Waals surface area (Å²) in [5.41, 5.74) is 1.94. The third kappa shape index (κ3) is 5.62. The minimum atomic E-state index is -4.01. The molecule has 1 atom stereocenters. The van der Waals surface area contributed by atoms with Gasteiger partial charge in [0.1, 0.15) is 12.4 Å². The van der Waals surface area contributed by atoms with Crippen LogP contribution in [0.3, 0.4) is 0 Å². The summed E-state index contributed by atoms with van der Waals surface area (Å²) in [6, 6.07) is 17.9. The van der Waals surface area contributed by atoms with Crippen LogP contribution >= 0.6 is 11.6 Å².